The summed E-state index contributed by atoms with van der Waals surface area (Å²) in [6, 6.07) is 3.75. The van der Waals surface area contributed by atoms with Crippen molar-refractivity contribution in [1.29, 1.82) is 0 Å². The Bertz CT molecular complexity index is 969. The normalized spacial score (nSPS) is 21.8. The van der Waals surface area contributed by atoms with Crippen molar-refractivity contribution >= 4 is 11.8 Å². The first-order valence-corrected chi connectivity index (χ1v) is 9.17. The van der Waals surface area contributed by atoms with Crippen molar-refractivity contribution in [1.82, 2.24) is 0 Å². The Kier molecular flexibility index (Phi) is 4.96. The highest BCUT2D eigenvalue weighted by Gasteiger charge is 2.71. The van der Waals surface area contributed by atoms with Crippen LogP contribution in [0.15, 0.2) is 35.2 Å². The fourth-order valence-corrected chi connectivity index (χ4v) is 4.21. The van der Waals surface area contributed by atoms with Gasteiger partial charge in [0.25, 0.3) is 5.79 Å². The second-order valence-corrected chi connectivity index (χ2v) is 7.55. The summed E-state index contributed by atoms with van der Waals surface area (Å²) in [5.41, 5.74) is -6.31. The van der Waals surface area contributed by atoms with Gasteiger partial charge in [0.1, 0.15) is 23.1 Å². The van der Waals surface area contributed by atoms with E-state index in [9.17, 15) is 35.8 Å². The number of hydrogen-bond donors (Lipinski definition) is 1. The molecule has 2 aromatic rings. The highest BCUT2D eigenvalue weighted by atomic mass is 32.2. The molecule has 1 heterocycles. The molecular weight excluding hydrogens is 445 g/mol. The molecule has 0 amide bonds. The highest BCUT2D eigenvalue weighted by Crippen LogP contribution is 2.63. The predicted octanol–water partition coefficient (Wildman–Crippen LogP) is 5.25. The molecule has 4 rings (SSSR count). The van der Waals surface area contributed by atoms with Crippen LogP contribution in [0.25, 0.3) is 0 Å². The van der Waals surface area contributed by atoms with E-state index in [-0.39, 0.29) is 13.2 Å². The van der Waals surface area contributed by atoms with Crippen LogP contribution in [0.3, 0.4) is 0 Å². The Morgan fingerprint density at radius 1 is 1.03 bits per heavy atom. The molecule has 162 valence electrons. The Hall–Kier alpha value is -2.02. The maximum atomic E-state index is 15.0. The molecular formula is C18H11F7O4S. The zero-order valence-electron chi connectivity index (χ0n) is 14.6. The number of aliphatic hydroxyl groups excluding tert-OH is 1. The lowest BCUT2D eigenvalue weighted by Crippen LogP contribution is -2.45. The van der Waals surface area contributed by atoms with E-state index in [2.05, 4.69) is 0 Å². The number of thioether (sulfide) groups is 1. The number of halogens is 7. The molecule has 1 fully saturated rings. The van der Waals surface area contributed by atoms with Gasteiger partial charge in [0.15, 0.2) is 6.10 Å². The number of rotatable bonds is 3. The molecule has 0 bridgehead atoms. The van der Waals surface area contributed by atoms with Gasteiger partial charge in [-0.15, -0.1) is 0 Å². The van der Waals surface area contributed by atoms with Gasteiger partial charge in [-0.05, 0) is 23.9 Å². The van der Waals surface area contributed by atoms with E-state index < -0.39 is 74.2 Å². The number of hydrogen-bond acceptors (Lipinski definition) is 5. The summed E-state index contributed by atoms with van der Waals surface area (Å²) in [5, 5.41) is 10.3. The van der Waals surface area contributed by atoms with Crippen LogP contribution in [0.5, 0.6) is 11.5 Å². The van der Waals surface area contributed by atoms with Gasteiger partial charge in [0.05, 0.1) is 13.2 Å². The number of alkyl halides is 5. The second-order valence-electron chi connectivity index (χ2n) is 6.44. The smallest absolute Gasteiger partial charge is 0.446 e. The number of fused-ring (bicyclic) bond motifs is 2. The van der Waals surface area contributed by atoms with Crippen molar-refractivity contribution < 1.29 is 50.1 Å². The molecule has 0 aromatic heterocycles. The first-order chi connectivity index (χ1) is 13.9. The Morgan fingerprint density at radius 3 is 2.20 bits per heavy atom. The molecule has 0 saturated carbocycles. The second kappa shape index (κ2) is 7.01. The van der Waals surface area contributed by atoms with E-state index in [0.29, 0.717) is 6.07 Å². The van der Waals surface area contributed by atoms with Crippen LogP contribution in [0.2, 0.25) is 0 Å². The largest absolute Gasteiger partial charge is 0.457 e. The molecule has 12 heteroatoms. The molecule has 1 aliphatic heterocycles. The van der Waals surface area contributed by atoms with Gasteiger partial charge >= 0.3 is 11.4 Å². The lowest BCUT2D eigenvalue weighted by Gasteiger charge is -2.31. The summed E-state index contributed by atoms with van der Waals surface area (Å²) in [6.07, 6.45) is -2.66. The van der Waals surface area contributed by atoms with Crippen molar-refractivity contribution in [3.8, 4) is 11.5 Å². The fourth-order valence-electron chi connectivity index (χ4n) is 3.48. The van der Waals surface area contributed by atoms with E-state index in [4.69, 9.17) is 14.2 Å². The van der Waals surface area contributed by atoms with Gasteiger partial charge in [-0.25, -0.2) is 8.78 Å². The number of ether oxygens (including phenoxy) is 3. The van der Waals surface area contributed by atoms with Crippen molar-refractivity contribution in [2.75, 3.05) is 13.2 Å². The first-order valence-electron chi connectivity index (χ1n) is 8.35. The summed E-state index contributed by atoms with van der Waals surface area (Å²) in [4.78, 5) is -0.687. The van der Waals surface area contributed by atoms with Gasteiger partial charge < -0.3 is 19.3 Å². The molecule has 2 aromatic carbocycles. The lowest BCUT2D eigenvalue weighted by molar-refractivity contribution is -0.316. The minimum absolute atomic E-state index is 0.349. The van der Waals surface area contributed by atoms with Crippen LogP contribution in [-0.2, 0) is 15.3 Å². The highest BCUT2D eigenvalue weighted by molar-refractivity contribution is 8.00. The molecule has 1 aliphatic carbocycles. The summed E-state index contributed by atoms with van der Waals surface area (Å²) >= 11 is -0.690. The number of aliphatic hydroxyl groups is 1. The maximum Gasteiger partial charge on any atom is 0.446 e. The van der Waals surface area contributed by atoms with E-state index >= 15 is 0 Å². The zero-order valence-corrected chi connectivity index (χ0v) is 15.4. The van der Waals surface area contributed by atoms with Gasteiger partial charge in [0.2, 0.25) is 0 Å². The topological polar surface area (TPSA) is 47.9 Å². The summed E-state index contributed by atoms with van der Waals surface area (Å²) < 4.78 is 111. The van der Waals surface area contributed by atoms with Crippen molar-refractivity contribution in [2.45, 2.75) is 28.2 Å². The van der Waals surface area contributed by atoms with E-state index in [0.717, 1.165) is 24.3 Å². The molecule has 4 nitrogen and oxygen atoms in total. The van der Waals surface area contributed by atoms with E-state index in [1.54, 1.807) is 0 Å². The molecule has 1 N–H and O–H groups in total. The Balaban J connectivity index is 1.91. The van der Waals surface area contributed by atoms with Crippen LogP contribution in [-0.4, -0.2) is 29.8 Å². The summed E-state index contributed by atoms with van der Waals surface area (Å²) in [6.45, 7) is -0.698. The SMILES string of the molecule is O[C@H]1c2c(Oc3cc(F)cc(F)c3)ccc(SC(F)(F)F)c2C2(OCCO2)C1(F)F. The van der Waals surface area contributed by atoms with Crippen LogP contribution >= 0.6 is 11.8 Å². The molecule has 1 saturated heterocycles. The molecule has 1 spiro atoms. The Morgan fingerprint density at radius 2 is 1.63 bits per heavy atom. The third-order valence-corrected chi connectivity index (χ3v) is 5.33. The fraction of sp³-hybridized carbons (Fsp3) is 0.333. The maximum absolute atomic E-state index is 15.0. The third kappa shape index (κ3) is 3.31. The van der Waals surface area contributed by atoms with E-state index in [1.165, 1.54) is 0 Å². The van der Waals surface area contributed by atoms with Crippen molar-refractivity contribution in [3.63, 3.8) is 0 Å². The lowest BCUT2D eigenvalue weighted by atomic mass is 10.1. The van der Waals surface area contributed by atoms with Gasteiger partial charge in [-0.3, -0.25) is 0 Å². The van der Waals surface area contributed by atoms with Crippen molar-refractivity contribution in [3.05, 3.63) is 53.1 Å². The number of benzene rings is 2. The summed E-state index contributed by atoms with van der Waals surface area (Å²) in [7, 11) is 0. The minimum atomic E-state index is -4.84. The van der Waals surface area contributed by atoms with E-state index in [1.807, 2.05) is 0 Å². The van der Waals surface area contributed by atoms with Gasteiger partial charge in [-0.1, -0.05) is 0 Å². The third-order valence-electron chi connectivity index (χ3n) is 4.54. The average molecular weight is 456 g/mol. The predicted molar refractivity (Wildman–Crippen MR) is 88.3 cm³/mol. The zero-order chi connectivity index (χ0) is 21.9. The first kappa shape index (κ1) is 21.2. The molecule has 30 heavy (non-hydrogen) atoms. The quantitative estimate of drug-likeness (QED) is 0.505. The minimum Gasteiger partial charge on any atom is -0.457 e. The molecule has 1 atom stereocenters. The van der Waals surface area contributed by atoms with Crippen LogP contribution < -0.4 is 4.74 Å². The molecule has 0 unspecified atom stereocenters. The van der Waals surface area contributed by atoms with Crippen LogP contribution in [0.4, 0.5) is 30.7 Å². The molecule has 0 radical (unpaired) electrons. The molecule has 2 aliphatic rings. The van der Waals surface area contributed by atoms with Gasteiger partial charge in [0, 0.05) is 34.2 Å². The van der Waals surface area contributed by atoms with Crippen LogP contribution in [0.1, 0.15) is 17.2 Å². The monoisotopic (exact) mass is 456 g/mol. The standard InChI is InChI=1S/C18H11F7O4S/c19-8-5-9(20)7-10(6-8)29-11-1-2-12(30-18(23,24)25)14-13(11)15(26)16(21,22)17(14)27-3-4-28-17/h1-2,5-7,15,26H,3-4H2/t15-/m0/s1. The van der Waals surface area contributed by atoms with Gasteiger partial charge in [-0.2, -0.15) is 22.0 Å². The van der Waals surface area contributed by atoms with Crippen molar-refractivity contribution in [2.24, 2.45) is 0 Å². The average Bonchev–Trinajstić information content (AvgIpc) is 3.16. The summed E-state index contributed by atoms with van der Waals surface area (Å²) in [5.74, 6) is -10.2. The van der Waals surface area contributed by atoms with Crippen LogP contribution in [0, 0.1) is 11.6 Å². The Labute approximate surface area is 168 Å².